The van der Waals surface area contributed by atoms with E-state index in [1.165, 1.54) is 25.7 Å². The van der Waals surface area contributed by atoms with Gasteiger partial charge in [0, 0.05) is 31.9 Å². The molecule has 1 fully saturated rings. The van der Waals surface area contributed by atoms with Crippen molar-refractivity contribution in [2.75, 3.05) is 25.0 Å². The molecule has 9 heteroatoms. The number of aromatic nitrogens is 2. The van der Waals surface area contributed by atoms with E-state index in [4.69, 9.17) is 0 Å². The first-order valence-electron chi connectivity index (χ1n) is 12.9. The molecule has 0 spiro atoms. The number of halogens is 2. The van der Waals surface area contributed by atoms with Crippen LogP contribution in [0, 0.1) is 17.6 Å². The Morgan fingerprint density at radius 1 is 1.17 bits per heavy atom. The summed E-state index contributed by atoms with van der Waals surface area (Å²) in [4.78, 5) is 32.1. The minimum Gasteiger partial charge on any atom is -0.344 e. The second-order valence-electron chi connectivity index (χ2n) is 9.82. The molecule has 4 rings (SSSR count). The molecule has 2 N–H and O–H groups in total. The maximum absolute atomic E-state index is 13.4. The van der Waals surface area contributed by atoms with Gasteiger partial charge >= 0.3 is 0 Å². The molecular weight excluding hydrogens is 464 g/mol. The van der Waals surface area contributed by atoms with Gasteiger partial charge in [0.05, 0.1) is 12.7 Å². The normalized spacial score (nSPS) is 18.8. The highest BCUT2D eigenvalue weighted by molar-refractivity contribution is 5.96. The second kappa shape index (κ2) is 12.3. The molecule has 1 unspecified atom stereocenters. The SMILES string of the molecule is CCC[C@H](NC(=O)Cc1cc(F)cc(F)c1)C(=O)Nc1cn(CCN2CCC3CCCC=C3C2)cn1. The molecular formula is C27H35F2N5O2. The van der Waals surface area contributed by atoms with Crippen molar-refractivity contribution in [2.24, 2.45) is 5.92 Å². The molecule has 0 saturated carbocycles. The Labute approximate surface area is 211 Å². The summed E-state index contributed by atoms with van der Waals surface area (Å²) >= 11 is 0. The van der Waals surface area contributed by atoms with Crippen molar-refractivity contribution in [1.82, 2.24) is 19.8 Å². The number of likely N-dealkylation sites (tertiary alicyclic amines) is 1. The summed E-state index contributed by atoms with van der Waals surface area (Å²) in [5.74, 6) is -1.13. The predicted molar refractivity (Wildman–Crippen MR) is 134 cm³/mol. The van der Waals surface area contributed by atoms with Crippen molar-refractivity contribution in [3.63, 3.8) is 0 Å². The lowest BCUT2D eigenvalue weighted by Gasteiger charge is -2.36. The Kier molecular flexibility index (Phi) is 8.85. The standard InChI is InChI=1S/C27H35F2N5O2/c1-2-5-24(31-26(35)14-19-12-22(28)15-23(29)13-19)27(36)32-25-17-34(18-30-25)11-10-33-9-8-20-6-3-4-7-21(20)16-33/h7,12-13,15,17-18,20,24H,2-6,8-11,14,16H2,1H3,(H,31,35)(H,32,36)/t20?,24-/m0/s1. The number of hydrogen-bond acceptors (Lipinski definition) is 4. The van der Waals surface area contributed by atoms with Gasteiger partial charge in [0.2, 0.25) is 11.8 Å². The highest BCUT2D eigenvalue weighted by Gasteiger charge is 2.25. The molecule has 1 saturated heterocycles. The van der Waals surface area contributed by atoms with Crippen molar-refractivity contribution in [3.05, 3.63) is 59.6 Å². The number of nitrogens with one attached hydrogen (secondary N) is 2. The van der Waals surface area contributed by atoms with E-state index in [-0.39, 0.29) is 17.9 Å². The van der Waals surface area contributed by atoms with Crippen LogP contribution in [-0.4, -0.2) is 51.9 Å². The molecule has 0 radical (unpaired) electrons. The number of rotatable bonds is 10. The van der Waals surface area contributed by atoms with Gasteiger partial charge in [-0.25, -0.2) is 13.8 Å². The number of benzene rings is 1. The van der Waals surface area contributed by atoms with Crippen LogP contribution < -0.4 is 10.6 Å². The summed E-state index contributed by atoms with van der Waals surface area (Å²) in [7, 11) is 0. The van der Waals surface area contributed by atoms with Crippen LogP contribution in [0.1, 0.15) is 51.0 Å². The number of fused-ring (bicyclic) bond motifs is 1. The lowest BCUT2D eigenvalue weighted by molar-refractivity contribution is -0.126. The van der Waals surface area contributed by atoms with Gasteiger partial charge in [-0.2, -0.15) is 0 Å². The predicted octanol–water partition coefficient (Wildman–Crippen LogP) is 4.06. The van der Waals surface area contributed by atoms with Crippen LogP contribution in [0.2, 0.25) is 0 Å². The van der Waals surface area contributed by atoms with Crippen molar-refractivity contribution in [1.29, 1.82) is 0 Å². The first-order chi connectivity index (χ1) is 17.4. The fourth-order valence-electron chi connectivity index (χ4n) is 5.11. The maximum Gasteiger partial charge on any atom is 0.248 e. The zero-order valence-electron chi connectivity index (χ0n) is 20.8. The number of carbonyl (C=O) groups is 2. The third-order valence-electron chi connectivity index (χ3n) is 6.96. The van der Waals surface area contributed by atoms with E-state index in [1.54, 1.807) is 18.1 Å². The maximum atomic E-state index is 13.4. The lowest BCUT2D eigenvalue weighted by atomic mass is 9.82. The van der Waals surface area contributed by atoms with E-state index in [2.05, 4.69) is 26.6 Å². The van der Waals surface area contributed by atoms with Crippen molar-refractivity contribution < 1.29 is 18.4 Å². The number of allylic oxidation sites excluding steroid dienone is 1. The van der Waals surface area contributed by atoms with Crippen LogP contribution in [0.25, 0.3) is 0 Å². The number of hydrogen-bond donors (Lipinski definition) is 2. The minimum atomic E-state index is -0.767. The Morgan fingerprint density at radius 3 is 2.75 bits per heavy atom. The van der Waals surface area contributed by atoms with Gasteiger partial charge in [-0.3, -0.25) is 14.5 Å². The van der Waals surface area contributed by atoms with E-state index < -0.39 is 23.6 Å². The van der Waals surface area contributed by atoms with Crippen LogP contribution in [0.4, 0.5) is 14.6 Å². The molecule has 2 amide bonds. The molecule has 194 valence electrons. The van der Waals surface area contributed by atoms with Gasteiger partial charge in [0.1, 0.15) is 17.7 Å². The third-order valence-corrected chi connectivity index (χ3v) is 6.96. The zero-order valence-corrected chi connectivity index (χ0v) is 20.8. The Hall–Kier alpha value is -3.07. The van der Waals surface area contributed by atoms with E-state index in [0.29, 0.717) is 18.7 Å². The molecule has 1 aromatic carbocycles. The van der Waals surface area contributed by atoms with Crippen LogP contribution in [0.3, 0.4) is 0 Å². The Morgan fingerprint density at radius 2 is 1.97 bits per heavy atom. The fourth-order valence-corrected chi connectivity index (χ4v) is 5.11. The van der Waals surface area contributed by atoms with E-state index in [9.17, 15) is 18.4 Å². The monoisotopic (exact) mass is 499 g/mol. The number of amides is 2. The summed E-state index contributed by atoms with van der Waals surface area (Å²) in [5.41, 5.74) is 1.81. The fraction of sp³-hybridized carbons (Fsp3) is 0.519. The molecule has 2 atom stereocenters. The summed E-state index contributed by atoms with van der Waals surface area (Å²) in [6.45, 7) is 5.77. The van der Waals surface area contributed by atoms with Gasteiger partial charge < -0.3 is 15.2 Å². The molecule has 2 aliphatic rings. The molecule has 1 aromatic heterocycles. The molecule has 7 nitrogen and oxygen atoms in total. The summed E-state index contributed by atoms with van der Waals surface area (Å²) in [6.07, 6.45) is 11.9. The van der Waals surface area contributed by atoms with Crippen molar-refractivity contribution in [3.8, 4) is 0 Å². The van der Waals surface area contributed by atoms with E-state index >= 15 is 0 Å². The molecule has 1 aliphatic carbocycles. The topological polar surface area (TPSA) is 79.3 Å². The quantitative estimate of drug-likeness (QED) is 0.484. The van der Waals surface area contributed by atoms with Crippen LogP contribution in [-0.2, 0) is 22.6 Å². The van der Waals surface area contributed by atoms with Gasteiger partial charge in [-0.05, 0) is 62.3 Å². The summed E-state index contributed by atoms with van der Waals surface area (Å²) < 4.78 is 28.8. The third kappa shape index (κ3) is 7.22. The smallest absolute Gasteiger partial charge is 0.248 e. The van der Waals surface area contributed by atoms with Gasteiger partial charge in [-0.15, -0.1) is 0 Å². The van der Waals surface area contributed by atoms with Crippen LogP contribution >= 0.6 is 0 Å². The van der Waals surface area contributed by atoms with Crippen molar-refractivity contribution in [2.45, 2.75) is 64.5 Å². The molecule has 2 aromatic rings. The van der Waals surface area contributed by atoms with Crippen LogP contribution in [0.5, 0.6) is 0 Å². The first-order valence-corrected chi connectivity index (χ1v) is 12.9. The first kappa shape index (κ1) is 26.0. The molecule has 36 heavy (non-hydrogen) atoms. The number of carbonyl (C=O) groups excluding carboxylic acids is 2. The minimum absolute atomic E-state index is 0.211. The second-order valence-corrected chi connectivity index (χ2v) is 9.82. The Bertz CT molecular complexity index is 1080. The van der Waals surface area contributed by atoms with E-state index in [1.807, 2.05) is 11.5 Å². The lowest BCUT2D eigenvalue weighted by Crippen LogP contribution is -2.44. The van der Waals surface area contributed by atoms with Crippen molar-refractivity contribution >= 4 is 17.6 Å². The Balaban J connectivity index is 1.27. The van der Waals surface area contributed by atoms with Gasteiger partial charge in [0.25, 0.3) is 0 Å². The molecule has 2 heterocycles. The average Bonchev–Trinajstić information content (AvgIpc) is 3.28. The zero-order chi connectivity index (χ0) is 25.5. The highest BCUT2D eigenvalue weighted by atomic mass is 19.1. The average molecular weight is 500 g/mol. The van der Waals surface area contributed by atoms with Gasteiger partial charge in [0.15, 0.2) is 5.82 Å². The number of imidazole rings is 1. The molecule has 0 bridgehead atoms. The number of anilines is 1. The van der Waals surface area contributed by atoms with Gasteiger partial charge in [-0.1, -0.05) is 25.0 Å². The summed E-state index contributed by atoms with van der Waals surface area (Å²) in [5, 5.41) is 5.46. The van der Waals surface area contributed by atoms with E-state index in [0.717, 1.165) is 50.3 Å². The summed E-state index contributed by atoms with van der Waals surface area (Å²) in [6, 6.07) is 2.21. The largest absolute Gasteiger partial charge is 0.344 e. The number of nitrogens with zero attached hydrogens (tertiary/aromatic N) is 3. The van der Waals surface area contributed by atoms with Crippen LogP contribution in [0.15, 0.2) is 42.4 Å². The molecule has 1 aliphatic heterocycles. The number of piperidine rings is 1. The highest BCUT2D eigenvalue weighted by Crippen LogP contribution is 2.31.